The number of hydrogen-bond donors (Lipinski definition) is 1. The Bertz CT molecular complexity index is 529. The minimum absolute atomic E-state index is 0.0827. The minimum Gasteiger partial charge on any atom is -0.481 e. The maximum absolute atomic E-state index is 11.9. The molecule has 1 aromatic rings. The van der Waals surface area contributed by atoms with Crippen LogP contribution in [0.25, 0.3) is 0 Å². The molecule has 2 rings (SSSR count). The van der Waals surface area contributed by atoms with Crippen molar-refractivity contribution in [2.24, 2.45) is 5.92 Å². The van der Waals surface area contributed by atoms with Crippen LogP contribution in [-0.4, -0.2) is 28.4 Å². The van der Waals surface area contributed by atoms with Gasteiger partial charge in [0.15, 0.2) is 0 Å². The third kappa shape index (κ3) is 2.52. The van der Waals surface area contributed by atoms with Crippen LogP contribution in [0.4, 0.5) is 0 Å². The number of carboxylic acid groups (broad SMARTS) is 1. The van der Waals surface area contributed by atoms with Crippen molar-refractivity contribution in [2.45, 2.75) is 26.3 Å². The molecule has 1 heterocycles. The Balaban J connectivity index is 2.45. The normalized spacial score (nSPS) is 22.9. The fraction of sp³-hybridized carbons (Fsp3) is 0.429. The van der Waals surface area contributed by atoms with Crippen molar-refractivity contribution in [1.82, 2.24) is 4.90 Å². The molecule has 1 N–H and O–H groups in total. The molecule has 0 spiro atoms. The Morgan fingerprint density at radius 3 is 2.74 bits per heavy atom. The topological polar surface area (TPSA) is 57.6 Å². The molecule has 2 unspecified atom stereocenters. The SMILES string of the molecule is CCN1C(=O)CC(C(=O)O)C1c1ccc(C)c(Br)c1. The standard InChI is InChI=1S/C14H16BrNO3/c1-3-16-12(17)7-10(14(18)19)13(16)9-5-4-8(2)11(15)6-9/h4-6,10,13H,3,7H2,1-2H3,(H,18,19). The third-order valence-electron chi connectivity index (χ3n) is 3.63. The average molecular weight is 326 g/mol. The molecule has 0 saturated carbocycles. The molecule has 1 fully saturated rings. The Hall–Kier alpha value is -1.36. The summed E-state index contributed by atoms with van der Waals surface area (Å²) in [5.74, 6) is -1.66. The van der Waals surface area contributed by atoms with Gasteiger partial charge in [0.25, 0.3) is 0 Å². The Morgan fingerprint density at radius 1 is 1.53 bits per heavy atom. The second kappa shape index (κ2) is 5.33. The number of aliphatic carboxylic acids is 1. The number of carbonyl (C=O) groups excluding carboxylic acids is 1. The summed E-state index contributed by atoms with van der Waals surface area (Å²) >= 11 is 3.46. The molecule has 1 aliphatic rings. The summed E-state index contributed by atoms with van der Waals surface area (Å²) in [5, 5.41) is 9.31. The third-order valence-corrected chi connectivity index (χ3v) is 4.48. The lowest BCUT2D eigenvalue weighted by Gasteiger charge is -2.26. The molecule has 1 saturated heterocycles. The summed E-state index contributed by atoms with van der Waals surface area (Å²) in [7, 11) is 0. The summed E-state index contributed by atoms with van der Waals surface area (Å²) in [4.78, 5) is 24.9. The number of rotatable bonds is 3. The monoisotopic (exact) mass is 325 g/mol. The fourth-order valence-electron chi connectivity index (χ4n) is 2.59. The molecule has 0 aliphatic carbocycles. The lowest BCUT2D eigenvalue weighted by atomic mass is 9.93. The van der Waals surface area contributed by atoms with E-state index in [0.29, 0.717) is 6.54 Å². The molecule has 102 valence electrons. The molecule has 19 heavy (non-hydrogen) atoms. The summed E-state index contributed by atoms with van der Waals surface area (Å²) in [6.07, 6.45) is 0.0827. The van der Waals surface area contributed by atoms with Gasteiger partial charge in [-0.2, -0.15) is 0 Å². The number of benzene rings is 1. The van der Waals surface area contributed by atoms with Crippen molar-refractivity contribution in [3.63, 3.8) is 0 Å². The zero-order valence-electron chi connectivity index (χ0n) is 10.9. The van der Waals surface area contributed by atoms with E-state index in [1.165, 1.54) is 0 Å². The van der Waals surface area contributed by atoms with E-state index in [-0.39, 0.29) is 18.4 Å². The van der Waals surface area contributed by atoms with Gasteiger partial charge in [0.2, 0.25) is 5.91 Å². The molecule has 1 aliphatic heterocycles. The van der Waals surface area contributed by atoms with E-state index in [0.717, 1.165) is 15.6 Å². The summed E-state index contributed by atoms with van der Waals surface area (Å²) < 4.78 is 0.935. The lowest BCUT2D eigenvalue weighted by molar-refractivity contribution is -0.142. The predicted molar refractivity (Wildman–Crippen MR) is 74.7 cm³/mol. The van der Waals surface area contributed by atoms with E-state index in [9.17, 15) is 14.7 Å². The van der Waals surface area contributed by atoms with E-state index >= 15 is 0 Å². The molecule has 1 amide bonds. The minimum atomic E-state index is -0.911. The van der Waals surface area contributed by atoms with Crippen LogP contribution in [0.5, 0.6) is 0 Å². The predicted octanol–water partition coefficient (Wildman–Crippen LogP) is 2.75. The van der Waals surface area contributed by atoms with Crippen LogP contribution in [-0.2, 0) is 9.59 Å². The number of carbonyl (C=O) groups is 2. The highest BCUT2D eigenvalue weighted by atomic mass is 79.9. The van der Waals surface area contributed by atoms with E-state index in [1.54, 1.807) is 4.90 Å². The van der Waals surface area contributed by atoms with Crippen LogP contribution in [0.15, 0.2) is 22.7 Å². The molecule has 0 bridgehead atoms. The van der Waals surface area contributed by atoms with Gasteiger partial charge in [-0.1, -0.05) is 28.1 Å². The second-order valence-electron chi connectivity index (χ2n) is 4.78. The van der Waals surface area contributed by atoms with Crippen LogP contribution in [0.1, 0.15) is 30.5 Å². The van der Waals surface area contributed by atoms with Crippen LogP contribution in [0.3, 0.4) is 0 Å². The quantitative estimate of drug-likeness (QED) is 0.929. The summed E-state index contributed by atoms with van der Waals surface area (Å²) in [5.41, 5.74) is 1.96. The first-order valence-electron chi connectivity index (χ1n) is 6.24. The number of aryl methyl sites for hydroxylation is 1. The van der Waals surface area contributed by atoms with Crippen LogP contribution in [0.2, 0.25) is 0 Å². The van der Waals surface area contributed by atoms with Crippen molar-refractivity contribution in [3.05, 3.63) is 33.8 Å². The van der Waals surface area contributed by atoms with Crippen LogP contribution < -0.4 is 0 Å². The molecule has 1 aromatic carbocycles. The zero-order valence-corrected chi connectivity index (χ0v) is 12.5. The Morgan fingerprint density at radius 2 is 2.21 bits per heavy atom. The van der Waals surface area contributed by atoms with Gasteiger partial charge in [-0.3, -0.25) is 9.59 Å². The number of hydrogen-bond acceptors (Lipinski definition) is 2. The highest BCUT2D eigenvalue weighted by molar-refractivity contribution is 9.10. The maximum Gasteiger partial charge on any atom is 0.309 e. The van der Waals surface area contributed by atoms with Crippen molar-refractivity contribution >= 4 is 27.8 Å². The first-order valence-corrected chi connectivity index (χ1v) is 7.03. The smallest absolute Gasteiger partial charge is 0.309 e. The number of likely N-dealkylation sites (tertiary alicyclic amines) is 1. The Labute approximate surface area is 120 Å². The zero-order chi connectivity index (χ0) is 14.2. The second-order valence-corrected chi connectivity index (χ2v) is 5.64. The molecular weight excluding hydrogens is 310 g/mol. The van der Waals surface area contributed by atoms with E-state index in [1.807, 2.05) is 32.0 Å². The van der Waals surface area contributed by atoms with Gasteiger partial charge in [-0.05, 0) is 31.0 Å². The highest BCUT2D eigenvalue weighted by Gasteiger charge is 2.43. The molecule has 0 aromatic heterocycles. The molecule has 2 atom stereocenters. The van der Waals surface area contributed by atoms with Gasteiger partial charge < -0.3 is 10.0 Å². The van der Waals surface area contributed by atoms with Gasteiger partial charge in [0, 0.05) is 17.4 Å². The van der Waals surface area contributed by atoms with Crippen molar-refractivity contribution in [3.8, 4) is 0 Å². The molecule has 5 heteroatoms. The number of amides is 1. The number of carboxylic acids is 1. The number of nitrogens with zero attached hydrogens (tertiary/aromatic N) is 1. The summed E-state index contributed by atoms with van der Waals surface area (Å²) in [6, 6.07) is 5.39. The van der Waals surface area contributed by atoms with Crippen LogP contribution in [0, 0.1) is 12.8 Å². The van der Waals surface area contributed by atoms with E-state index < -0.39 is 11.9 Å². The highest BCUT2D eigenvalue weighted by Crippen LogP contribution is 2.39. The van der Waals surface area contributed by atoms with Gasteiger partial charge >= 0.3 is 5.97 Å². The molecular formula is C14H16BrNO3. The van der Waals surface area contributed by atoms with E-state index in [4.69, 9.17) is 0 Å². The first kappa shape index (κ1) is 14.1. The van der Waals surface area contributed by atoms with Gasteiger partial charge in [0.05, 0.1) is 12.0 Å². The summed E-state index contributed by atoms with van der Waals surface area (Å²) in [6.45, 7) is 4.37. The van der Waals surface area contributed by atoms with E-state index in [2.05, 4.69) is 15.9 Å². The van der Waals surface area contributed by atoms with Crippen molar-refractivity contribution in [1.29, 1.82) is 0 Å². The van der Waals surface area contributed by atoms with Crippen molar-refractivity contribution in [2.75, 3.05) is 6.54 Å². The number of halogens is 1. The first-order chi connectivity index (χ1) is 8.95. The Kier molecular flexibility index (Phi) is 3.94. The largest absolute Gasteiger partial charge is 0.481 e. The van der Waals surface area contributed by atoms with Gasteiger partial charge in [-0.25, -0.2) is 0 Å². The maximum atomic E-state index is 11.9. The van der Waals surface area contributed by atoms with Gasteiger partial charge in [0.1, 0.15) is 0 Å². The molecule has 4 nitrogen and oxygen atoms in total. The van der Waals surface area contributed by atoms with Gasteiger partial charge in [-0.15, -0.1) is 0 Å². The lowest BCUT2D eigenvalue weighted by Crippen LogP contribution is -2.30. The van der Waals surface area contributed by atoms with Crippen LogP contribution >= 0.6 is 15.9 Å². The van der Waals surface area contributed by atoms with Crippen molar-refractivity contribution < 1.29 is 14.7 Å². The fourth-order valence-corrected chi connectivity index (χ4v) is 2.99. The average Bonchev–Trinajstić information content (AvgIpc) is 2.69. The molecule has 0 radical (unpaired) electrons.